The molecule has 20 heavy (non-hydrogen) atoms. The van der Waals surface area contributed by atoms with E-state index in [4.69, 9.17) is 0 Å². The molecule has 3 atom stereocenters. The molecule has 1 amide bonds. The molecule has 1 saturated heterocycles. The molecule has 0 aromatic rings. The molecule has 1 heterocycles. The summed E-state index contributed by atoms with van der Waals surface area (Å²) in [6.45, 7) is 5.03. The Morgan fingerprint density at radius 1 is 1.00 bits per heavy atom. The average molecular weight is 283 g/mol. The van der Waals surface area contributed by atoms with Crippen molar-refractivity contribution in [3.63, 3.8) is 0 Å². The molecule has 2 N–H and O–H groups in total. The van der Waals surface area contributed by atoms with Crippen LogP contribution in [0.2, 0.25) is 0 Å². The Kier molecular flexibility index (Phi) is 8.92. The Bertz CT molecular complexity index is 268. The second-order valence-electron chi connectivity index (χ2n) is 6.27. The Labute approximate surface area is 124 Å². The van der Waals surface area contributed by atoms with Crippen molar-refractivity contribution in [2.24, 2.45) is 11.8 Å². The number of hydrogen-bond acceptors (Lipinski definition) is 2. The zero-order valence-electron chi connectivity index (χ0n) is 13.4. The number of rotatable bonds is 2. The third-order valence-electron chi connectivity index (χ3n) is 4.79. The number of carbonyl (C=O) groups is 1. The Morgan fingerprint density at radius 3 is 2.35 bits per heavy atom. The van der Waals surface area contributed by atoms with Crippen LogP contribution >= 0.6 is 0 Å². The first-order valence-corrected chi connectivity index (χ1v) is 8.64. The molecule has 1 aliphatic heterocycles. The van der Waals surface area contributed by atoms with Gasteiger partial charge in [-0.15, -0.1) is 0 Å². The van der Waals surface area contributed by atoms with Crippen LogP contribution in [0.3, 0.4) is 0 Å². The molecule has 1 rings (SSSR count). The zero-order valence-corrected chi connectivity index (χ0v) is 13.4. The highest BCUT2D eigenvalue weighted by molar-refractivity contribution is 5.78. The molecule has 0 aromatic carbocycles. The maximum absolute atomic E-state index is 12.1. The summed E-state index contributed by atoms with van der Waals surface area (Å²) < 4.78 is 0. The summed E-state index contributed by atoms with van der Waals surface area (Å²) in [5.41, 5.74) is 0. The number of aliphatic hydroxyl groups excluding tert-OH is 1. The lowest BCUT2D eigenvalue weighted by Crippen LogP contribution is -2.32. The van der Waals surface area contributed by atoms with Crippen molar-refractivity contribution in [2.75, 3.05) is 6.54 Å². The summed E-state index contributed by atoms with van der Waals surface area (Å²) in [5.74, 6) is 0.834. The first-order chi connectivity index (χ1) is 9.69. The van der Waals surface area contributed by atoms with E-state index in [-0.39, 0.29) is 17.9 Å². The Morgan fingerprint density at radius 2 is 1.70 bits per heavy atom. The predicted octanol–water partition coefficient (Wildman–Crippen LogP) is 3.65. The quantitative estimate of drug-likeness (QED) is 0.812. The monoisotopic (exact) mass is 283 g/mol. The molecule has 3 heteroatoms. The molecule has 1 aliphatic rings. The van der Waals surface area contributed by atoms with Gasteiger partial charge in [0.25, 0.3) is 0 Å². The fourth-order valence-electron chi connectivity index (χ4n) is 3.24. The van der Waals surface area contributed by atoms with Crippen LogP contribution in [-0.2, 0) is 4.79 Å². The van der Waals surface area contributed by atoms with Crippen molar-refractivity contribution < 1.29 is 9.90 Å². The van der Waals surface area contributed by atoms with Crippen LogP contribution in [0.1, 0.15) is 78.1 Å². The molecule has 0 bridgehead atoms. The molecule has 0 aliphatic carbocycles. The molecule has 0 aromatic heterocycles. The van der Waals surface area contributed by atoms with Gasteiger partial charge in [0.1, 0.15) is 0 Å². The minimum absolute atomic E-state index is 0.151. The van der Waals surface area contributed by atoms with Gasteiger partial charge in [0, 0.05) is 12.5 Å². The molecule has 0 saturated carbocycles. The Hall–Kier alpha value is -0.570. The van der Waals surface area contributed by atoms with Gasteiger partial charge in [-0.2, -0.15) is 0 Å². The summed E-state index contributed by atoms with van der Waals surface area (Å²) in [7, 11) is 0. The summed E-state index contributed by atoms with van der Waals surface area (Å²) in [5, 5.41) is 13.3. The van der Waals surface area contributed by atoms with E-state index in [1.807, 2.05) is 0 Å². The van der Waals surface area contributed by atoms with E-state index in [9.17, 15) is 9.90 Å². The molecular weight excluding hydrogens is 250 g/mol. The predicted molar refractivity (Wildman–Crippen MR) is 83.5 cm³/mol. The van der Waals surface area contributed by atoms with Crippen molar-refractivity contribution in [1.82, 2.24) is 5.32 Å². The second kappa shape index (κ2) is 10.2. The lowest BCUT2D eigenvalue weighted by Gasteiger charge is -2.22. The highest BCUT2D eigenvalue weighted by Crippen LogP contribution is 2.22. The van der Waals surface area contributed by atoms with Crippen molar-refractivity contribution >= 4 is 5.91 Å². The minimum Gasteiger partial charge on any atom is -0.393 e. The van der Waals surface area contributed by atoms with Gasteiger partial charge in [-0.3, -0.25) is 4.79 Å². The number of hydrogen-bond donors (Lipinski definition) is 2. The first-order valence-electron chi connectivity index (χ1n) is 8.64. The molecular formula is C17H33NO2. The summed E-state index contributed by atoms with van der Waals surface area (Å²) >= 11 is 0. The minimum atomic E-state index is -0.151. The first kappa shape index (κ1) is 17.5. The SMILES string of the molecule is CCC1CCCNC(=O)[C@H](CC)CCCCCC[C@H]1O. The average Bonchev–Trinajstić information content (AvgIpc) is 2.45. The maximum Gasteiger partial charge on any atom is 0.223 e. The molecule has 118 valence electrons. The van der Waals surface area contributed by atoms with E-state index < -0.39 is 0 Å². The van der Waals surface area contributed by atoms with Crippen molar-refractivity contribution in [1.29, 1.82) is 0 Å². The van der Waals surface area contributed by atoms with E-state index in [0.717, 1.165) is 57.9 Å². The van der Waals surface area contributed by atoms with E-state index in [1.165, 1.54) is 12.8 Å². The van der Waals surface area contributed by atoms with E-state index in [2.05, 4.69) is 19.2 Å². The van der Waals surface area contributed by atoms with Crippen LogP contribution in [0.4, 0.5) is 0 Å². The molecule has 1 unspecified atom stereocenters. The summed E-state index contributed by atoms with van der Waals surface area (Å²) in [4.78, 5) is 12.1. The third-order valence-corrected chi connectivity index (χ3v) is 4.79. The van der Waals surface area contributed by atoms with Gasteiger partial charge in [0.15, 0.2) is 0 Å². The van der Waals surface area contributed by atoms with Crippen LogP contribution in [0.5, 0.6) is 0 Å². The smallest absolute Gasteiger partial charge is 0.223 e. The third kappa shape index (κ3) is 6.25. The standard InChI is InChI=1S/C17H33NO2/c1-3-14-11-9-13-18-17(20)15(4-2)10-7-5-6-8-12-16(14)19/h14-16,19H,3-13H2,1-2H3,(H,18,20)/t14?,15-,16-/m1/s1. The van der Waals surface area contributed by atoms with Crippen molar-refractivity contribution in [3.8, 4) is 0 Å². The number of aliphatic hydroxyl groups is 1. The van der Waals surface area contributed by atoms with Gasteiger partial charge in [-0.05, 0) is 38.0 Å². The summed E-state index contributed by atoms with van der Waals surface area (Å²) in [6.07, 6.45) is 10.4. The largest absolute Gasteiger partial charge is 0.393 e. The van der Waals surface area contributed by atoms with Gasteiger partial charge in [-0.1, -0.05) is 46.0 Å². The lowest BCUT2D eigenvalue weighted by molar-refractivity contribution is -0.125. The maximum atomic E-state index is 12.1. The number of carbonyl (C=O) groups excluding carboxylic acids is 1. The molecule has 3 nitrogen and oxygen atoms in total. The molecule has 0 radical (unpaired) electrons. The van der Waals surface area contributed by atoms with Crippen LogP contribution in [0.15, 0.2) is 0 Å². The second-order valence-corrected chi connectivity index (χ2v) is 6.27. The highest BCUT2D eigenvalue weighted by atomic mass is 16.3. The fraction of sp³-hybridized carbons (Fsp3) is 0.941. The molecule has 1 fully saturated rings. The Balaban J connectivity index is 2.49. The fourth-order valence-corrected chi connectivity index (χ4v) is 3.24. The van der Waals surface area contributed by atoms with E-state index in [0.29, 0.717) is 5.92 Å². The topological polar surface area (TPSA) is 49.3 Å². The van der Waals surface area contributed by atoms with Gasteiger partial charge in [0.2, 0.25) is 5.91 Å². The normalized spacial score (nSPS) is 31.4. The number of amides is 1. The molecule has 0 spiro atoms. The van der Waals surface area contributed by atoms with Crippen LogP contribution in [-0.4, -0.2) is 23.7 Å². The van der Waals surface area contributed by atoms with Gasteiger partial charge >= 0.3 is 0 Å². The number of nitrogens with one attached hydrogen (secondary N) is 1. The summed E-state index contributed by atoms with van der Waals surface area (Å²) in [6, 6.07) is 0. The van der Waals surface area contributed by atoms with Gasteiger partial charge in [-0.25, -0.2) is 0 Å². The van der Waals surface area contributed by atoms with E-state index in [1.54, 1.807) is 0 Å². The van der Waals surface area contributed by atoms with Crippen LogP contribution in [0.25, 0.3) is 0 Å². The van der Waals surface area contributed by atoms with Gasteiger partial charge < -0.3 is 10.4 Å². The van der Waals surface area contributed by atoms with E-state index >= 15 is 0 Å². The van der Waals surface area contributed by atoms with Crippen LogP contribution in [0, 0.1) is 11.8 Å². The highest BCUT2D eigenvalue weighted by Gasteiger charge is 2.19. The van der Waals surface area contributed by atoms with Crippen molar-refractivity contribution in [2.45, 2.75) is 84.2 Å². The van der Waals surface area contributed by atoms with Gasteiger partial charge in [0.05, 0.1) is 6.10 Å². The van der Waals surface area contributed by atoms with Crippen LogP contribution < -0.4 is 5.32 Å². The lowest BCUT2D eigenvalue weighted by atomic mass is 9.90. The zero-order chi connectivity index (χ0) is 14.8. The van der Waals surface area contributed by atoms with Crippen molar-refractivity contribution in [3.05, 3.63) is 0 Å².